The smallest absolute Gasteiger partial charge is 0.316 e. The van der Waals surface area contributed by atoms with Crippen LogP contribution in [0, 0.1) is 18.3 Å². The molecule has 0 spiro atoms. The average Bonchev–Trinajstić information content (AvgIpc) is 2.73. The zero-order valence-corrected chi connectivity index (χ0v) is 18.0. The Kier molecular flexibility index (Phi) is 6.70. The number of carbonyl (C=O) groups excluding carboxylic acids is 1. The minimum Gasteiger partial charge on any atom is -0.465 e. The van der Waals surface area contributed by atoms with Gasteiger partial charge in [-0.2, -0.15) is 5.26 Å². The molecule has 7 nitrogen and oxygen atoms in total. The lowest BCUT2D eigenvalue weighted by Gasteiger charge is -2.15. The van der Waals surface area contributed by atoms with Gasteiger partial charge in [0.25, 0.3) is 0 Å². The predicted molar refractivity (Wildman–Crippen MR) is 114 cm³/mol. The minimum absolute atomic E-state index is 0.00562. The fraction of sp³-hybridized carbons (Fsp3) is 0.238. The zero-order valence-electron chi connectivity index (χ0n) is 16.4. The van der Waals surface area contributed by atoms with Gasteiger partial charge in [-0.1, -0.05) is 41.6 Å². The van der Waals surface area contributed by atoms with Crippen molar-refractivity contribution >= 4 is 38.6 Å². The highest BCUT2D eigenvalue weighted by Gasteiger charge is 2.33. The molecule has 9 heteroatoms. The minimum atomic E-state index is -4.05. The Labute approximate surface area is 179 Å². The summed E-state index contributed by atoms with van der Waals surface area (Å²) >= 11 is 1.00. The molecule has 0 saturated carbocycles. The number of thioether (sulfide) groups is 1. The molecule has 0 N–H and O–H groups in total. The molecule has 0 aliphatic carbocycles. The summed E-state index contributed by atoms with van der Waals surface area (Å²) in [6.07, 6.45) is 0. The molecule has 30 heavy (non-hydrogen) atoms. The summed E-state index contributed by atoms with van der Waals surface area (Å²) in [5.41, 5.74) is 1.91. The number of hydrogen-bond donors (Lipinski definition) is 0. The van der Waals surface area contributed by atoms with E-state index in [2.05, 4.69) is 9.97 Å². The second-order valence-corrected chi connectivity index (χ2v) is 9.36. The summed E-state index contributed by atoms with van der Waals surface area (Å²) in [6, 6.07) is 15.1. The Hall–Kier alpha value is -2.96. The fourth-order valence-corrected chi connectivity index (χ4v) is 5.02. The van der Waals surface area contributed by atoms with E-state index in [1.807, 2.05) is 13.0 Å². The second kappa shape index (κ2) is 9.24. The van der Waals surface area contributed by atoms with Crippen LogP contribution in [0.3, 0.4) is 0 Å². The van der Waals surface area contributed by atoms with Gasteiger partial charge in [0.05, 0.1) is 34.4 Å². The van der Waals surface area contributed by atoms with Crippen LogP contribution >= 0.6 is 11.8 Å². The first-order valence-electron chi connectivity index (χ1n) is 9.12. The van der Waals surface area contributed by atoms with Gasteiger partial charge >= 0.3 is 5.97 Å². The molecular formula is C21H19N3O4S2. The van der Waals surface area contributed by atoms with E-state index in [9.17, 15) is 18.5 Å². The van der Waals surface area contributed by atoms with Crippen molar-refractivity contribution in [3.05, 3.63) is 59.8 Å². The summed E-state index contributed by atoms with van der Waals surface area (Å²) in [7, 11) is -4.05. The molecule has 0 aliphatic heterocycles. The summed E-state index contributed by atoms with van der Waals surface area (Å²) in [5.74, 6) is -0.533. The van der Waals surface area contributed by atoms with Crippen molar-refractivity contribution in [1.29, 1.82) is 5.26 Å². The number of ether oxygens (including phenoxy) is 1. The van der Waals surface area contributed by atoms with Crippen LogP contribution in [0.5, 0.6) is 0 Å². The van der Waals surface area contributed by atoms with E-state index < -0.39 is 21.1 Å². The molecule has 0 saturated heterocycles. The lowest BCUT2D eigenvalue weighted by atomic mass is 10.2. The van der Waals surface area contributed by atoms with Crippen LogP contribution in [0.15, 0.2) is 58.5 Å². The van der Waals surface area contributed by atoms with Gasteiger partial charge in [-0.15, -0.1) is 0 Å². The summed E-state index contributed by atoms with van der Waals surface area (Å²) in [6.45, 7) is 3.78. The van der Waals surface area contributed by atoms with Crippen LogP contribution in [0.2, 0.25) is 0 Å². The number of nitrogens with zero attached hydrogens (tertiary/aromatic N) is 3. The molecular weight excluding hydrogens is 422 g/mol. The quantitative estimate of drug-likeness (QED) is 0.404. The van der Waals surface area contributed by atoms with E-state index in [0.29, 0.717) is 11.0 Å². The van der Waals surface area contributed by atoms with Gasteiger partial charge in [-0.25, -0.2) is 18.4 Å². The van der Waals surface area contributed by atoms with Gasteiger partial charge < -0.3 is 4.74 Å². The molecule has 3 aromatic rings. The third-order valence-electron chi connectivity index (χ3n) is 4.22. The van der Waals surface area contributed by atoms with Crippen molar-refractivity contribution in [3.8, 4) is 6.07 Å². The number of fused-ring (bicyclic) bond motifs is 1. The number of rotatable bonds is 7. The number of benzene rings is 2. The Bertz CT molecular complexity index is 1220. The molecule has 0 radical (unpaired) electrons. The van der Waals surface area contributed by atoms with Crippen LogP contribution in [0.25, 0.3) is 11.0 Å². The van der Waals surface area contributed by atoms with Crippen molar-refractivity contribution in [2.24, 2.45) is 0 Å². The maximum Gasteiger partial charge on any atom is 0.316 e. The van der Waals surface area contributed by atoms with E-state index in [1.165, 1.54) is 12.1 Å². The molecule has 0 bridgehead atoms. The summed E-state index contributed by atoms with van der Waals surface area (Å²) in [4.78, 5) is 20.7. The molecule has 154 valence electrons. The highest BCUT2D eigenvalue weighted by atomic mass is 32.2. The summed E-state index contributed by atoms with van der Waals surface area (Å²) < 4.78 is 31.4. The molecule has 2 aromatic carbocycles. The largest absolute Gasteiger partial charge is 0.465 e. The second-order valence-electron chi connectivity index (χ2n) is 6.36. The van der Waals surface area contributed by atoms with Crippen molar-refractivity contribution < 1.29 is 17.9 Å². The Balaban J connectivity index is 2.10. The molecule has 0 unspecified atom stereocenters. The normalized spacial score (nSPS) is 12.3. The van der Waals surface area contributed by atoms with E-state index in [0.717, 1.165) is 17.3 Å². The van der Waals surface area contributed by atoms with E-state index >= 15 is 0 Å². The molecule has 0 amide bonds. The Morgan fingerprint density at radius 2 is 1.77 bits per heavy atom. The number of carbonyl (C=O) groups is 1. The lowest BCUT2D eigenvalue weighted by molar-refractivity contribution is -0.139. The standard InChI is InChI=1S/C21H19N3O4S2/c1-3-28-19(25)13-29-21-20(23-16-6-4-5-7-17(16)24-21)18(12-22)30(26,27)15-10-8-14(2)9-11-15/h4-11,18H,3,13H2,1-2H3/t18-/m1/s1. The SMILES string of the molecule is CCOC(=O)CSc1nc2ccccc2nc1[C@@H](C#N)S(=O)(=O)c1ccc(C)cc1. The van der Waals surface area contributed by atoms with Gasteiger partial charge in [-0.05, 0) is 38.1 Å². The molecule has 0 aliphatic rings. The number of aromatic nitrogens is 2. The topological polar surface area (TPSA) is 110 Å². The van der Waals surface area contributed by atoms with E-state index in [4.69, 9.17) is 4.74 Å². The number of esters is 1. The van der Waals surface area contributed by atoms with Gasteiger partial charge in [-0.3, -0.25) is 4.79 Å². The first-order chi connectivity index (χ1) is 14.4. The van der Waals surface area contributed by atoms with E-state index in [-0.39, 0.29) is 28.0 Å². The highest BCUT2D eigenvalue weighted by molar-refractivity contribution is 8.00. The van der Waals surface area contributed by atoms with Crippen LogP contribution in [0.1, 0.15) is 23.4 Å². The highest BCUT2D eigenvalue weighted by Crippen LogP contribution is 2.34. The van der Waals surface area contributed by atoms with Crippen LogP contribution in [-0.4, -0.2) is 36.7 Å². The first-order valence-corrected chi connectivity index (χ1v) is 11.6. The third-order valence-corrected chi connectivity index (χ3v) is 7.05. The van der Waals surface area contributed by atoms with Gasteiger partial charge in [0.1, 0.15) is 10.7 Å². The maximum absolute atomic E-state index is 13.2. The van der Waals surface area contributed by atoms with Crippen molar-refractivity contribution in [1.82, 2.24) is 9.97 Å². The Morgan fingerprint density at radius 1 is 1.13 bits per heavy atom. The number of aryl methyl sites for hydroxylation is 1. The van der Waals surface area contributed by atoms with Gasteiger partial charge in [0.15, 0.2) is 15.1 Å². The third kappa shape index (κ3) is 4.61. The molecule has 0 fully saturated rings. The number of para-hydroxylation sites is 2. The van der Waals surface area contributed by atoms with Crippen molar-refractivity contribution in [3.63, 3.8) is 0 Å². The van der Waals surface area contributed by atoms with E-state index in [1.54, 1.807) is 43.3 Å². The predicted octanol–water partition coefficient (Wildman–Crippen LogP) is 3.63. The van der Waals surface area contributed by atoms with Crippen molar-refractivity contribution in [2.45, 2.75) is 29.0 Å². The van der Waals surface area contributed by atoms with Gasteiger partial charge in [0.2, 0.25) is 0 Å². The lowest BCUT2D eigenvalue weighted by Crippen LogP contribution is -2.16. The average molecular weight is 442 g/mol. The van der Waals surface area contributed by atoms with Crippen molar-refractivity contribution in [2.75, 3.05) is 12.4 Å². The number of hydrogen-bond acceptors (Lipinski definition) is 8. The van der Waals surface area contributed by atoms with Gasteiger partial charge in [0, 0.05) is 0 Å². The number of nitriles is 1. The summed E-state index contributed by atoms with van der Waals surface area (Å²) in [5, 5.41) is 8.44. The molecule has 1 atom stereocenters. The number of sulfone groups is 1. The molecule has 3 rings (SSSR count). The Morgan fingerprint density at radius 3 is 2.37 bits per heavy atom. The monoisotopic (exact) mass is 441 g/mol. The van der Waals surface area contributed by atoms with Crippen LogP contribution in [-0.2, 0) is 19.4 Å². The zero-order chi connectivity index (χ0) is 21.7. The fourth-order valence-electron chi connectivity index (χ4n) is 2.75. The maximum atomic E-state index is 13.2. The van der Waals surface area contributed by atoms with Crippen LogP contribution in [0.4, 0.5) is 0 Å². The molecule has 1 heterocycles. The molecule has 1 aromatic heterocycles. The van der Waals surface area contributed by atoms with Crippen LogP contribution < -0.4 is 0 Å². The first kappa shape index (κ1) is 21.7.